The van der Waals surface area contributed by atoms with Gasteiger partial charge in [-0.1, -0.05) is 17.7 Å². The van der Waals surface area contributed by atoms with Gasteiger partial charge in [0.2, 0.25) is 5.91 Å². The molecule has 0 radical (unpaired) electrons. The second-order valence-corrected chi connectivity index (χ2v) is 9.35. The molecule has 3 heterocycles. The predicted octanol–water partition coefficient (Wildman–Crippen LogP) is 4.03. The smallest absolute Gasteiger partial charge is 0.311 e. The summed E-state index contributed by atoms with van der Waals surface area (Å²) in [6, 6.07) is 6.22. The first-order valence-corrected chi connectivity index (χ1v) is 11.1. The van der Waals surface area contributed by atoms with Crippen molar-refractivity contribution in [1.29, 1.82) is 0 Å². The highest BCUT2D eigenvalue weighted by Gasteiger charge is 2.30. The van der Waals surface area contributed by atoms with Gasteiger partial charge in [-0.3, -0.25) is 9.59 Å². The first kappa shape index (κ1) is 24.1. The number of rotatable bonds is 7. The van der Waals surface area contributed by atoms with Gasteiger partial charge in [0, 0.05) is 29.4 Å². The third kappa shape index (κ3) is 4.50. The molecule has 2 aromatic heterocycles. The van der Waals surface area contributed by atoms with E-state index in [1.54, 1.807) is 11.1 Å². The molecular weight excluding hydrogens is 468 g/mol. The molecule has 1 aromatic carbocycles. The topological polar surface area (TPSA) is 84.7 Å². The summed E-state index contributed by atoms with van der Waals surface area (Å²) < 4.78 is 35.5. The minimum Gasteiger partial charge on any atom is -0.481 e. The number of hydrogen-bond acceptors (Lipinski definition) is 4. The van der Waals surface area contributed by atoms with Gasteiger partial charge in [0.05, 0.1) is 25.1 Å². The van der Waals surface area contributed by atoms with Crippen LogP contribution in [-0.2, 0) is 33.8 Å². The summed E-state index contributed by atoms with van der Waals surface area (Å²) in [4.78, 5) is 30.1. The Hall–Kier alpha value is -3.04. The van der Waals surface area contributed by atoms with Crippen LogP contribution in [0.15, 0.2) is 30.5 Å². The average Bonchev–Trinajstić information content (AvgIpc) is 3.12. The van der Waals surface area contributed by atoms with Gasteiger partial charge in [0.15, 0.2) is 0 Å². The number of nitrogens with zero attached hydrogens (tertiary/aromatic N) is 3. The van der Waals surface area contributed by atoms with E-state index in [0.29, 0.717) is 18.6 Å². The van der Waals surface area contributed by atoms with Crippen molar-refractivity contribution in [2.24, 2.45) is 5.41 Å². The molecule has 1 amide bonds. The van der Waals surface area contributed by atoms with Crippen LogP contribution in [0.4, 0.5) is 8.78 Å². The molecule has 3 aromatic rings. The van der Waals surface area contributed by atoms with Gasteiger partial charge >= 0.3 is 5.97 Å². The number of carbonyl (C=O) groups excluding carboxylic acids is 1. The maximum Gasteiger partial charge on any atom is 0.311 e. The Morgan fingerprint density at radius 3 is 2.76 bits per heavy atom. The molecule has 0 bridgehead atoms. The van der Waals surface area contributed by atoms with Gasteiger partial charge < -0.3 is 19.3 Å². The molecule has 0 fully saturated rings. The maximum atomic E-state index is 14.7. The van der Waals surface area contributed by atoms with Crippen LogP contribution >= 0.6 is 11.6 Å². The minimum atomic E-state index is -1.10. The lowest BCUT2D eigenvalue weighted by atomic mass is 9.95. The van der Waals surface area contributed by atoms with Crippen molar-refractivity contribution in [3.8, 4) is 0 Å². The molecule has 1 aliphatic heterocycles. The van der Waals surface area contributed by atoms with Crippen molar-refractivity contribution >= 4 is 34.5 Å². The molecule has 0 spiro atoms. The largest absolute Gasteiger partial charge is 0.481 e. The second kappa shape index (κ2) is 9.31. The number of halogens is 3. The van der Waals surface area contributed by atoms with E-state index >= 15 is 0 Å². The number of ether oxygens (including phenoxy) is 1. The fourth-order valence-electron chi connectivity index (χ4n) is 4.05. The Morgan fingerprint density at radius 2 is 2.03 bits per heavy atom. The van der Waals surface area contributed by atoms with E-state index in [9.17, 15) is 23.5 Å². The first-order chi connectivity index (χ1) is 16.1. The highest BCUT2D eigenvalue weighted by Crippen LogP contribution is 2.32. The molecule has 7 nitrogen and oxygen atoms in total. The van der Waals surface area contributed by atoms with Crippen LogP contribution in [0.2, 0.25) is 5.02 Å². The fourth-order valence-corrected chi connectivity index (χ4v) is 4.23. The number of carbonyl (C=O) groups is 2. The van der Waals surface area contributed by atoms with E-state index < -0.39 is 28.0 Å². The maximum absolute atomic E-state index is 14.7. The summed E-state index contributed by atoms with van der Waals surface area (Å²) in [5.41, 5.74) is 1.57. The third-order valence-corrected chi connectivity index (χ3v) is 6.42. The Bertz CT molecular complexity index is 1270. The number of amides is 1. The molecule has 1 N–H and O–H groups in total. The van der Waals surface area contributed by atoms with Gasteiger partial charge in [-0.25, -0.2) is 13.8 Å². The summed E-state index contributed by atoms with van der Waals surface area (Å²) >= 11 is 5.77. The van der Waals surface area contributed by atoms with Crippen LogP contribution in [0.1, 0.15) is 30.7 Å². The Morgan fingerprint density at radius 1 is 1.26 bits per heavy atom. The lowest BCUT2D eigenvalue weighted by molar-refractivity contribution is -0.153. The minimum absolute atomic E-state index is 0.0695. The van der Waals surface area contributed by atoms with E-state index in [1.165, 1.54) is 19.9 Å². The molecule has 1 aliphatic rings. The molecular formula is C24H24ClF2N3O4. The highest BCUT2D eigenvalue weighted by atomic mass is 35.5. The van der Waals surface area contributed by atoms with Crippen LogP contribution < -0.4 is 0 Å². The number of pyridine rings is 1. The number of fused-ring (bicyclic) bond motifs is 3. The van der Waals surface area contributed by atoms with Crippen LogP contribution in [0.3, 0.4) is 0 Å². The Kier molecular flexibility index (Phi) is 6.60. The fraction of sp³-hybridized carbons (Fsp3) is 0.375. The third-order valence-electron chi connectivity index (χ3n) is 6.08. The molecule has 0 unspecified atom stereocenters. The Labute approximate surface area is 199 Å². The molecule has 0 saturated heterocycles. The van der Waals surface area contributed by atoms with Crippen LogP contribution in [0.5, 0.6) is 0 Å². The van der Waals surface area contributed by atoms with Crippen molar-refractivity contribution in [3.63, 3.8) is 0 Å². The van der Waals surface area contributed by atoms with Crippen molar-refractivity contribution in [3.05, 3.63) is 63.9 Å². The summed E-state index contributed by atoms with van der Waals surface area (Å²) in [5.74, 6) is -2.94. The van der Waals surface area contributed by atoms with Crippen molar-refractivity contribution in [2.45, 2.75) is 33.4 Å². The standard InChI is InChI=1S/C24H24ClF2N3O4/c1-24(2,23(32)33)13-34-12-19(31)29-9-7-15-16-4-3-8-28-22(16)30(18(15)11-29)10-14-5-6-17(26)20(25)21(14)27/h3-6,8H,7,9-13H2,1-2H3,(H,32,33). The summed E-state index contributed by atoms with van der Waals surface area (Å²) in [6.07, 6.45) is 2.21. The zero-order chi connectivity index (χ0) is 24.6. The number of carboxylic acids is 1. The summed E-state index contributed by atoms with van der Waals surface area (Å²) in [6.45, 7) is 3.50. The van der Waals surface area contributed by atoms with E-state index in [2.05, 4.69) is 4.98 Å². The average molecular weight is 492 g/mol. The zero-order valence-corrected chi connectivity index (χ0v) is 19.5. The molecule has 180 valence electrons. The van der Waals surface area contributed by atoms with Crippen LogP contribution in [0, 0.1) is 17.0 Å². The lowest BCUT2D eigenvalue weighted by Crippen LogP contribution is -2.40. The quantitative estimate of drug-likeness (QED) is 0.504. The van der Waals surface area contributed by atoms with Gasteiger partial charge in [-0.05, 0) is 44.0 Å². The SMILES string of the molecule is CC(C)(COCC(=O)N1CCc2c(n(Cc3ccc(F)c(Cl)c3F)c3ncccc23)C1)C(=O)O. The molecule has 4 rings (SSSR count). The van der Waals surface area contributed by atoms with Crippen LogP contribution in [0.25, 0.3) is 11.0 Å². The normalized spacial score (nSPS) is 13.9. The predicted molar refractivity (Wildman–Crippen MR) is 122 cm³/mol. The number of carboxylic acid groups (broad SMARTS) is 1. The van der Waals surface area contributed by atoms with Crippen molar-refractivity contribution < 1.29 is 28.2 Å². The summed E-state index contributed by atoms with van der Waals surface area (Å²) in [5, 5.41) is 9.55. The zero-order valence-electron chi connectivity index (χ0n) is 18.8. The lowest BCUT2D eigenvalue weighted by Gasteiger charge is -2.29. The molecule has 34 heavy (non-hydrogen) atoms. The Balaban J connectivity index is 1.59. The highest BCUT2D eigenvalue weighted by molar-refractivity contribution is 6.30. The van der Waals surface area contributed by atoms with Gasteiger partial charge in [-0.2, -0.15) is 0 Å². The molecule has 10 heteroatoms. The van der Waals surface area contributed by atoms with Gasteiger partial charge in [0.25, 0.3) is 0 Å². The first-order valence-electron chi connectivity index (χ1n) is 10.8. The monoisotopic (exact) mass is 491 g/mol. The number of benzene rings is 1. The summed E-state index contributed by atoms with van der Waals surface area (Å²) in [7, 11) is 0. The molecule has 0 atom stereocenters. The number of aromatic nitrogens is 2. The molecule has 0 aliphatic carbocycles. The number of hydrogen-bond donors (Lipinski definition) is 1. The van der Waals surface area contributed by atoms with Gasteiger partial charge in [-0.15, -0.1) is 0 Å². The van der Waals surface area contributed by atoms with E-state index in [1.807, 2.05) is 16.7 Å². The van der Waals surface area contributed by atoms with E-state index in [0.717, 1.165) is 22.7 Å². The van der Waals surface area contributed by atoms with E-state index in [4.69, 9.17) is 16.3 Å². The van der Waals surface area contributed by atoms with Crippen molar-refractivity contribution in [1.82, 2.24) is 14.5 Å². The molecule has 0 saturated carbocycles. The number of aliphatic carboxylic acids is 1. The van der Waals surface area contributed by atoms with Gasteiger partial charge in [0.1, 0.15) is 28.9 Å². The van der Waals surface area contributed by atoms with E-state index in [-0.39, 0.29) is 37.8 Å². The van der Waals surface area contributed by atoms with Crippen molar-refractivity contribution in [2.75, 3.05) is 19.8 Å². The van der Waals surface area contributed by atoms with Crippen LogP contribution in [-0.4, -0.2) is 51.2 Å². The second-order valence-electron chi connectivity index (χ2n) is 8.97.